The average molecular weight is 245 g/mol. The highest BCUT2D eigenvalue weighted by atomic mass is 16.2. The smallest absolute Gasteiger partial charge is 0.223 e. The topological polar surface area (TPSA) is 20.3 Å². The number of hydrogen-bond acceptors (Lipinski definition) is 1. The van der Waals surface area contributed by atoms with E-state index in [0.29, 0.717) is 12.3 Å². The first-order valence-electron chi connectivity index (χ1n) is 6.72. The Balaban J connectivity index is 2.13. The lowest BCUT2D eigenvalue weighted by Gasteiger charge is -2.34. The fourth-order valence-electron chi connectivity index (χ4n) is 2.61. The summed E-state index contributed by atoms with van der Waals surface area (Å²) in [5, 5.41) is 0. The van der Waals surface area contributed by atoms with Gasteiger partial charge in [-0.15, -0.1) is 0 Å². The van der Waals surface area contributed by atoms with Gasteiger partial charge in [-0.25, -0.2) is 0 Å². The first-order chi connectivity index (χ1) is 8.37. The maximum absolute atomic E-state index is 12.3. The molecular weight excluding hydrogens is 222 g/mol. The number of hydrogen-bond donors (Lipinski definition) is 0. The SMILES string of the molecule is CC1CN(C(=O)CC(C)(C)C)Cc2ccccc21. The number of nitrogens with zero attached hydrogens (tertiary/aromatic N) is 1. The van der Waals surface area contributed by atoms with Gasteiger partial charge in [-0.3, -0.25) is 4.79 Å². The summed E-state index contributed by atoms with van der Waals surface area (Å²) in [5.74, 6) is 0.725. The van der Waals surface area contributed by atoms with Crippen LogP contribution in [0.2, 0.25) is 0 Å². The lowest BCUT2D eigenvalue weighted by Crippen LogP contribution is -2.39. The van der Waals surface area contributed by atoms with E-state index in [4.69, 9.17) is 0 Å². The van der Waals surface area contributed by atoms with E-state index in [0.717, 1.165) is 13.1 Å². The molecule has 0 bridgehead atoms. The molecular formula is C16H23NO. The van der Waals surface area contributed by atoms with Gasteiger partial charge in [0.25, 0.3) is 0 Å². The molecule has 0 saturated heterocycles. The second kappa shape index (κ2) is 4.75. The number of carbonyl (C=O) groups excluding carboxylic acids is 1. The minimum absolute atomic E-state index is 0.0668. The Morgan fingerprint density at radius 1 is 1.33 bits per heavy atom. The van der Waals surface area contributed by atoms with Gasteiger partial charge in [0, 0.05) is 19.5 Å². The highest BCUT2D eigenvalue weighted by molar-refractivity contribution is 5.77. The van der Waals surface area contributed by atoms with E-state index >= 15 is 0 Å². The third-order valence-corrected chi connectivity index (χ3v) is 3.48. The quantitative estimate of drug-likeness (QED) is 0.740. The normalized spacial score (nSPS) is 19.6. The van der Waals surface area contributed by atoms with E-state index in [9.17, 15) is 4.79 Å². The van der Waals surface area contributed by atoms with Crippen LogP contribution in [0.25, 0.3) is 0 Å². The van der Waals surface area contributed by atoms with Crippen LogP contribution >= 0.6 is 0 Å². The fraction of sp³-hybridized carbons (Fsp3) is 0.562. The molecule has 1 aliphatic heterocycles. The first kappa shape index (κ1) is 13.1. The Kier molecular flexibility index (Phi) is 3.47. The van der Waals surface area contributed by atoms with Gasteiger partial charge in [0.2, 0.25) is 5.91 Å². The van der Waals surface area contributed by atoms with Crippen LogP contribution in [0.3, 0.4) is 0 Å². The molecule has 18 heavy (non-hydrogen) atoms. The molecule has 2 heteroatoms. The van der Waals surface area contributed by atoms with Crippen molar-refractivity contribution in [1.82, 2.24) is 4.90 Å². The Hall–Kier alpha value is -1.31. The Morgan fingerprint density at radius 2 is 2.00 bits per heavy atom. The van der Waals surface area contributed by atoms with Gasteiger partial charge in [0.1, 0.15) is 0 Å². The molecule has 1 unspecified atom stereocenters. The third-order valence-electron chi connectivity index (χ3n) is 3.48. The van der Waals surface area contributed by atoms with Crippen molar-refractivity contribution in [3.05, 3.63) is 35.4 Å². The molecule has 1 atom stereocenters. The van der Waals surface area contributed by atoms with Crippen molar-refractivity contribution in [2.75, 3.05) is 6.54 Å². The highest BCUT2D eigenvalue weighted by Gasteiger charge is 2.27. The lowest BCUT2D eigenvalue weighted by atomic mass is 9.88. The summed E-state index contributed by atoms with van der Waals surface area (Å²) < 4.78 is 0. The summed E-state index contributed by atoms with van der Waals surface area (Å²) in [5.41, 5.74) is 2.77. The van der Waals surface area contributed by atoms with Crippen molar-refractivity contribution in [3.63, 3.8) is 0 Å². The maximum atomic E-state index is 12.3. The number of carbonyl (C=O) groups is 1. The summed E-state index contributed by atoms with van der Waals surface area (Å²) in [7, 11) is 0. The molecule has 1 amide bonds. The second-order valence-corrected chi connectivity index (χ2v) is 6.61. The molecule has 1 heterocycles. The van der Waals surface area contributed by atoms with Crippen LogP contribution in [0.4, 0.5) is 0 Å². The summed E-state index contributed by atoms with van der Waals surface area (Å²) in [6.45, 7) is 10.2. The van der Waals surface area contributed by atoms with E-state index in [2.05, 4.69) is 52.0 Å². The minimum Gasteiger partial charge on any atom is -0.338 e. The van der Waals surface area contributed by atoms with Crippen LogP contribution < -0.4 is 0 Å². The predicted molar refractivity (Wildman–Crippen MR) is 74.3 cm³/mol. The average Bonchev–Trinajstić information content (AvgIpc) is 2.26. The molecule has 0 aromatic heterocycles. The van der Waals surface area contributed by atoms with Gasteiger partial charge >= 0.3 is 0 Å². The molecule has 0 N–H and O–H groups in total. The van der Waals surface area contributed by atoms with E-state index in [-0.39, 0.29) is 11.3 Å². The summed E-state index contributed by atoms with van der Waals surface area (Å²) >= 11 is 0. The van der Waals surface area contributed by atoms with Crippen molar-refractivity contribution in [3.8, 4) is 0 Å². The number of amides is 1. The van der Waals surface area contributed by atoms with Crippen LogP contribution in [0.5, 0.6) is 0 Å². The molecule has 0 saturated carbocycles. The van der Waals surface area contributed by atoms with E-state index in [1.165, 1.54) is 11.1 Å². The van der Waals surface area contributed by atoms with Crippen molar-refractivity contribution < 1.29 is 4.79 Å². The Morgan fingerprint density at radius 3 is 2.67 bits per heavy atom. The first-order valence-corrected chi connectivity index (χ1v) is 6.72. The molecule has 0 aliphatic carbocycles. The fourth-order valence-corrected chi connectivity index (χ4v) is 2.61. The second-order valence-electron chi connectivity index (χ2n) is 6.61. The molecule has 0 fully saturated rings. The summed E-state index contributed by atoms with van der Waals surface area (Å²) in [6.07, 6.45) is 0.627. The van der Waals surface area contributed by atoms with Gasteiger partial charge in [-0.05, 0) is 22.5 Å². The Bertz CT molecular complexity index is 445. The molecule has 2 rings (SSSR count). The molecule has 0 radical (unpaired) electrons. The highest BCUT2D eigenvalue weighted by Crippen LogP contribution is 2.29. The van der Waals surface area contributed by atoms with Crippen molar-refractivity contribution in [1.29, 1.82) is 0 Å². The third kappa shape index (κ3) is 2.92. The van der Waals surface area contributed by atoms with Crippen LogP contribution in [-0.4, -0.2) is 17.4 Å². The maximum Gasteiger partial charge on any atom is 0.223 e. The van der Waals surface area contributed by atoms with Crippen LogP contribution in [0.15, 0.2) is 24.3 Å². The summed E-state index contributed by atoms with van der Waals surface area (Å²) in [6, 6.07) is 8.47. The molecule has 98 valence electrons. The van der Waals surface area contributed by atoms with Gasteiger partial charge in [-0.1, -0.05) is 52.0 Å². The van der Waals surface area contributed by atoms with Gasteiger partial charge < -0.3 is 4.90 Å². The van der Waals surface area contributed by atoms with Crippen LogP contribution in [0, 0.1) is 5.41 Å². The van der Waals surface area contributed by atoms with E-state index in [1.807, 2.05) is 4.90 Å². The Labute approximate surface area is 110 Å². The van der Waals surface area contributed by atoms with Gasteiger partial charge in [0.15, 0.2) is 0 Å². The predicted octanol–water partition coefficient (Wildman–Crippen LogP) is 3.57. The van der Waals surface area contributed by atoms with Crippen LogP contribution in [0.1, 0.15) is 51.2 Å². The van der Waals surface area contributed by atoms with E-state index in [1.54, 1.807) is 0 Å². The number of benzene rings is 1. The van der Waals surface area contributed by atoms with Crippen molar-refractivity contribution in [2.45, 2.75) is 46.6 Å². The monoisotopic (exact) mass is 245 g/mol. The van der Waals surface area contributed by atoms with Crippen molar-refractivity contribution >= 4 is 5.91 Å². The zero-order valence-electron chi connectivity index (χ0n) is 11.9. The zero-order valence-corrected chi connectivity index (χ0v) is 11.9. The zero-order chi connectivity index (χ0) is 13.3. The lowest BCUT2D eigenvalue weighted by molar-refractivity contribution is -0.134. The van der Waals surface area contributed by atoms with Crippen molar-refractivity contribution in [2.24, 2.45) is 5.41 Å². The largest absolute Gasteiger partial charge is 0.338 e. The summed E-state index contributed by atoms with van der Waals surface area (Å²) in [4.78, 5) is 14.3. The molecule has 1 aromatic carbocycles. The van der Waals surface area contributed by atoms with Gasteiger partial charge in [-0.2, -0.15) is 0 Å². The van der Waals surface area contributed by atoms with E-state index < -0.39 is 0 Å². The number of rotatable bonds is 1. The van der Waals surface area contributed by atoms with Gasteiger partial charge in [0.05, 0.1) is 0 Å². The minimum atomic E-state index is 0.0668. The number of fused-ring (bicyclic) bond motifs is 1. The molecule has 1 aliphatic rings. The molecule has 0 spiro atoms. The van der Waals surface area contributed by atoms with Crippen LogP contribution in [-0.2, 0) is 11.3 Å². The molecule has 1 aromatic rings. The standard InChI is InChI=1S/C16H23NO/c1-12-10-17(15(18)9-16(2,3)4)11-13-7-5-6-8-14(12)13/h5-8,12H,9-11H2,1-4H3. The molecule has 2 nitrogen and oxygen atoms in total.